The van der Waals surface area contributed by atoms with Gasteiger partial charge in [-0.15, -0.1) is 0 Å². The maximum Gasteiger partial charge on any atom is 0.213 e. The van der Waals surface area contributed by atoms with Gasteiger partial charge in [0.15, 0.2) is 11.6 Å². The predicted octanol–water partition coefficient (Wildman–Crippen LogP) is 4.28. The summed E-state index contributed by atoms with van der Waals surface area (Å²) in [6.07, 6.45) is 0.754. The van der Waals surface area contributed by atoms with E-state index < -0.39 is 16.7 Å². The predicted molar refractivity (Wildman–Crippen MR) is 115 cm³/mol. The number of rotatable bonds is 4. The summed E-state index contributed by atoms with van der Waals surface area (Å²) >= 11 is 0. The van der Waals surface area contributed by atoms with Crippen LogP contribution in [-0.4, -0.2) is 25.0 Å². The molecule has 1 saturated carbocycles. The lowest BCUT2D eigenvalue weighted by molar-refractivity contribution is -0.107. The molecule has 0 N–H and O–H groups in total. The van der Waals surface area contributed by atoms with Gasteiger partial charge in [0.2, 0.25) is 6.41 Å². The Bertz CT molecular complexity index is 1180. The second-order valence-corrected chi connectivity index (χ2v) is 8.31. The summed E-state index contributed by atoms with van der Waals surface area (Å²) < 4.78 is 0. The highest BCUT2D eigenvalue weighted by Crippen LogP contribution is 2.76. The van der Waals surface area contributed by atoms with Gasteiger partial charge in [-0.25, -0.2) is 0 Å². The number of anilines is 1. The van der Waals surface area contributed by atoms with E-state index in [9.17, 15) is 14.4 Å². The van der Waals surface area contributed by atoms with Crippen molar-refractivity contribution < 1.29 is 14.4 Å². The van der Waals surface area contributed by atoms with E-state index in [-0.39, 0.29) is 11.6 Å². The minimum absolute atomic E-state index is 0.0145. The SMILES string of the molecule is CN(C=O)c1ccc([C@]2(c3ccccc3)[C@@H]3C(=O)c4ccccc4C(=O)[C@@]32C)cc1. The zero-order valence-corrected chi connectivity index (χ0v) is 16.8. The van der Waals surface area contributed by atoms with E-state index in [0.29, 0.717) is 11.1 Å². The lowest BCUT2D eigenvalue weighted by atomic mass is 9.77. The molecule has 148 valence electrons. The van der Waals surface area contributed by atoms with Gasteiger partial charge >= 0.3 is 0 Å². The lowest BCUT2D eigenvalue weighted by Gasteiger charge is -2.24. The zero-order valence-electron chi connectivity index (χ0n) is 16.8. The van der Waals surface area contributed by atoms with Crippen LogP contribution in [0.4, 0.5) is 5.69 Å². The van der Waals surface area contributed by atoms with Crippen molar-refractivity contribution in [2.45, 2.75) is 12.3 Å². The minimum atomic E-state index is -0.849. The summed E-state index contributed by atoms with van der Waals surface area (Å²) in [5.74, 6) is -0.421. The molecule has 3 atom stereocenters. The van der Waals surface area contributed by atoms with Gasteiger partial charge in [0.05, 0.1) is 11.3 Å². The van der Waals surface area contributed by atoms with Crippen LogP contribution >= 0.6 is 0 Å². The van der Waals surface area contributed by atoms with E-state index in [1.165, 1.54) is 4.90 Å². The molecule has 0 radical (unpaired) electrons. The summed E-state index contributed by atoms with van der Waals surface area (Å²) in [6.45, 7) is 1.92. The third-order valence-corrected chi connectivity index (χ3v) is 7.03. The number of nitrogens with zero attached hydrogens (tertiary/aromatic N) is 1. The van der Waals surface area contributed by atoms with Crippen LogP contribution in [-0.2, 0) is 10.2 Å². The largest absolute Gasteiger partial charge is 0.318 e. The quantitative estimate of drug-likeness (QED) is 0.620. The molecular weight excluding hydrogens is 374 g/mol. The molecule has 0 spiro atoms. The van der Waals surface area contributed by atoms with Crippen LogP contribution in [0.2, 0.25) is 0 Å². The molecule has 3 aromatic rings. The Balaban J connectivity index is 1.75. The minimum Gasteiger partial charge on any atom is -0.318 e. The molecule has 2 aliphatic rings. The van der Waals surface area contributed by atoms with E-state index in [0.717, 1.165) is 23.2 Å². The van der Waals surface area contributed by atoms with Gasteiger partial charge in [-0.3, -0.25) is 14.4 Å². The summed E-state index contributed by atoms with van der Waals surface area (Å²) in [5.41, 5.74) is 2.07. The molecule has 2 aliphatic carbocycles. The van der Waals surface area contributed by atoms with E-state index >= 15 is 0 Å². The number of ketones is 2. The van der Waals surface area contributed by atoms with Crippen molar-refractivity contribution in [3.05, 3.63) is 101 Å². The summed E-state index contributed by atoms with van der Waals surface area (Å²) in [6, 6.07) is 24.6. The molecule has 1 fully saturated rings. The molecule has 0 aliphatic heterocycles. The molecule has 4 heteroatoms. The van der Waals surface area contributed by atoms with Gasteiger partial charge in [-0.2, -0.15) is 0 Å². The Morgan fingerprint density at radius 2 is 1.37 bits per heavy atom. The molecule has 0 unspecified atom stereocenters. The van der Waals surface area contributed by atoms with Crippen molar-refractivity contribution in [1.82, 2.24) is 0 Å². The molecule has 0 aromatic heterocycles. The third-order valence-electron chi connectivity index (χ3n) is 7.03. The van der Waals surface area contributed by atoms with E-state index in [1.807, 2.05) is 73.7 Å². The Kier molecular flexibility index (Phi) is 3.84. The number of fused-ring (bicyclic) bond motifs is 2. The van der Waals surface area contributed by atoms with Gasteiger partial charge in [0, 0.05) is 29.3 Å². The van der Waals surface area contributed by atoms with Crippen LogP contribution in [0.3, 0.4) is 0 Å². The average Bonchev–Trinajstić information content (AvgIpc) is 3.40. The number of Topliss-reactive ketones (excluding diaryl/α,β-unsaturated/α-hetero) is 2. The fourth-order valence-electron chi connectivity index (χ4n) is 5.54. The van der Waals surface area contributed by atoms with Crippen LogP contribution in [0.15, 0.2) is 78.9 Å². The smallest absolute Gasteiger partial charge is 0.213 e. The normalized spacial score (nSPS) is 26.5. The first-order valence-electron chi connectivity index (χ1n) is 10.00. The number of carbonyl (C=O) groups excluding carboxylic acids is 3. The van der Waals surface area contributed by atoms with Crippen molar-refractivity contribution in [2.24, 2.45) is 11.3 Å². The van der Waals surface area contributed by atoms with Crippen LogP contribution in [0.25, 0.3) is 0 Å². The van der Waals surface area contributed by atoms with Crippen LogP contribution < -0.4 is 4.90 Å². The first kappa shape index (κ1) is 18.5. The summed E-state index contributed by atoms with van der Waals surface area (Å²) in [4.78, 5) is 39.9. The molecule has 4 nitrogen and oxygen atoms in total. The van der Waals surface area contributed by atoms with Crippen LogP contribution in [0, 0.1) is 11.3 Å². The summed E-state index contributed by atoms with van der Waals surface area (Å²) in [7, 11) is 1.69. The molecule has 30 heavy (non-hydrogen) atoms. The van der Waals surface area contributed by atoms with Crippen LogP contribution in [0.1, 0.15) is 38.8 Å². The monoisotopic (exact) mass is 395 g/mol. The Morgan fingerprint density at radius 1 is 0.800 bits per heavy atom. The highest BCUT2D eigenvalue weighted by atomic mass is 16.1. The van der Waals surface area contributed by atoms with Crippen molar-refractivity contribution >= 4 is 23.7 Å². The zero-order chi connectivity index (χ0) is 21.1. The molecule has 0 bridgehead atoms. The molecular formula is C26H21NO3. The number of amides is 1. The van der Waals surface area contributed by atoms with Gasteiger partial charge in [0.25, 0.3) is 0 Å². The molecule has 0 heterocycles. The highest BCUT2D eigenvalue weighted by molar-refractivity contribution is 6.23. The average molecular weight is 395 g/mol. The molecule has 3 aromatic carbocycles. The summed E-state index contributed by atoms with van der Waals surface area (Å²) in [5, 5.41) is 0. The topological polar surface area (TPSA) is 54.5 Å². The van der Waals surface area contributed by atoms with Crippen molar-refractivity contribution in [1.29, 1.82) is 0 Å². The van der Waals surface area contributed by atoms with Gasteiger partial charge in [-0.1, -0.05) is 73.7 Å². The lowest BCUT2D eigenvalue weighted by Crippen LogP contribution is -2.28. The number of hydrogen-bond donors (Lipinski definition) is 0. The Hall–Kier alpha value is -3.53. The highest BCUT2D eigenvalue weighted by Gasteiger charge is 2.82. The third kappa shape index (κ3) is 2.08. The standard InChI is InChI=1S/C26H21NO3/c1-25-23(22(29)20-10-6-7-11-21(20)24(25)30)26(25,17-8-4-3-5-9-17)18-12-14-19(15-13-18)27(2)16-28/h3-16,23H,1-2H3/t23-,25-,26-/m1/s1. The second kappa shape index (κ2) is 6.23. The fraction of sp³-hybridized carbons (Fsp3) is 0.192. The van der Waals surface area contributed by atoms with Crippen LogP contribution in [0.5, 0.6) is 0 Å². The number of carbonyl (C=O) groups is 3. The van der Waals surface area contributed by atoms with Gasteiger partial charge in [0.1, 0.15) is 0 Å². The van der Waals surface area contributed by atoms with E-state index in [2.05, 4.69) is 0 Å². The fourth-order valence-corrected chi connectivity index (χ4v) is 5.54. The van der Waals surface area contributed by atoms with Gasteiger partial charge < -0.3 is 4.90 Å². The van der Waals surface area contributed by atoms with E-state index in [1.54, 1.807) is 19.2 Å². The molecule has 0 saturated heterocycles. The second-order valence-electron chi connectivity index (χ2n) is 8.31. The van der Waals surface area contributed by atoms with Crippen molar-refractivity contribution in [3.63, 3.8) is 0 Å². The first-order valence-corrected chi connectivity index (χ1v) is 10.00. The number of hydrogen-bond acceptors (Lipinski definition) is 3. The van der Waals surface area contributed by atoms with Gasteiger partial charge in [-0.05, 0) is 23.3 Å². The van der Waals surface area contributed by atoms with Crippen molar-refractivity contribution in [3.8, 4) is 0 Å². The Morgan fingerprint density at radius 3 is 2.00 bits per heavy atom. The number of benzene rings is 3. The maximum absolute atomic E-state index is 13.7. The van der Waals surface area contributed by atoms with E-state index in [4.69, 9.17) is 0 Å². The first-order chi connectivity index (χ1) is 14.5. The van der Waals surface area contributed by atoms with Crippen molar-refractivity contribution in [2.75, 3.05) is 11.9 Å². The Labute approximate surface area is 175 Å². The molecule has 5 rings (SSSR count). The molecule has 1 amide bonds. The maximum atomic E-state index is 13.7.